The van der Waals surface area contributed by atoms with Crippen molar-refractivity contribution in [3.63, 3.8) is 0 Å². The molecular weight excluding hydrogens is 282 g/mol. The maximum atomic E-state index is 12.2. The van der Waals surface area contributed by atoms with Crippen LogP contribution in [0.15, 0.2) is 24.3 Å². The largest absolute Gasteiger partial charge is 0.332 e. The maximum Gasteiger partial charge on any atom is 0.313 e. The zero-order chi connectivity index (χ0) is 16.1. The first kappa shape index (κ1) is 16.0. The van der Waals surface area contributed by atoms with Gasteiger partial charge < -0.3 is 15.5 Å². The summed E-state index contributed by atoms with van der Waals surface area (Å²) in [7, 11) is 0. The maximum absolute atomic E-state index is 12.2. The van der Waals surface area contributed by atoms with Gasteiger partial charge >= 0.3 is 11.8 Å². The molecule has 1 aromatic rings. The average molecular weight is 303 g/mol. The molecule has 1 atom stereocenters. The van der Waals surface area contributed by atoms with Crippen molar-refractivity contribution < 1.29 is 14.4 Å². The number of hydrogen-bond donors (Lipinski definition) is 2. The molecule has 22 heavy (non-hydrogen) atoms. The summed E-state index contributed by atoms with van der Waals surface area (Å²) in [6.45, 7) is 3.99. The molecule has 3 amide bonds. The Hall–Kier alpha value is -2.37. The first-order valence-electron chi connectivity index (χ1n) is 7.47. The molecule has 1 unspecified atom stereocenters. The van der Waals surface area contributed by atoms with Crippen LogP contribution in [0.1, 0.15) is 33.1 Å². The van der Waals surface area contributed by atoms with Crippen LogP contribution in [0, 0.1) is 0 Å². The first-order chi connectivity index (χ1) is 10.5. The van der Waals surface area contributed by atoms with Gasteiger partial charge in [0.15, 0.2) is 0 Å². The van der Waals surface area contributed by atoms with Gasteiger partial charge in [-0.3, -0.25) is 14.4 Å². The molecular formula is C16H21N3O3. The molecule has 2 N–H and O–H groups in total. The fraction of sp³-hybridized carbons (Fsp3) is 0.438. The molecule has 1 saturated heterocycles. The van der Waals surface area contributed by atoms with Crippen molar-refractivity contribution in [3.05, 3.63) is 24.3 Å². The topological polar surface area (TPSA) is 78.5 Å². The number of likely N-dealkylation sites (tertiary alicyclic amines) is 1. The molecule has 118 valence electrons. The van der Waals surface area contributed by atoms with E-state index >= 15 is 0 Å². The molecule has 6 nitrogen and oxygen atoms in total. The highest BCUT2D eigenvalue weighted by atomic mass is 16.2. The number of piperidine rings is 1. The van der Waals surface area contributed by atoms with Crippen LogP contribution in [-0.4, -0.2) is 35.2 Å². The summed E-state index contributed by atoms with van der Waals surface area (Å²) in [5, 5.41) is 5.22. The Morgan fingerprint density at radius 2 is 1.82 bits per heavy atom. The third-order valence-corrected chi connectivity index (χ3v) is 3.70. The quantitative estimate of drug-likeness (QED) is 0.820. The molecule has 1 aromatic carbocycles. The smallest absolute Gasteiger partial charge is 0.313 e. The number of anilines is 2. The number of carbonyl (C=O) groups is 3. The van der Waals surface area contributed by atoms with E-state index in [1.807, 2.05) is 6.92 Å². The predicted molar refractivity (Wildman–Crippen MR) is 84.4 cm³/mol. The van der Waals surface area contributed by atoms with Crippen LogP contribution in [0.4, 0.5) is 11.4 Å². The molecule has 0 aliphatic carbocycles. The molecule has 0 spiro atoms. The number of nitrogens with one attached hydrogen (secondary N) is 2. The van der Waals surface area contributed by atoms with Crippen molar-refractivity contribution in [2.24, 2.45) is 0 Å². The summed E-state index contributed by atoms with van der Waals surface area (Å²) in [5.74, 6) is -1.34. The minimum absolute atomic E-state index is 0.0951. The van der Waals surface area contributed by atoms with E-state index in [4.69, 9.17) is 0 Å². The Labute approximate surface area is 129 Å². The highest BCUT2D eigenvalue weighted by molar-refractivity contribution is 6.39. The third kappa shape index (κ3) is 4.07. The number of carbonyl (C=O) groups excluding carboxylic acids is 3. The SMILES string of the molecule is CC(=O)Nc1cccc(NC(=O)C(=O)N2CCCCC2C)c1. The number of rotatable bonds is 2. The Kier molecular flexibility index (Phi) is 5.14. The van der Waals surface area contributed by atoms with Gasteiger partial charge in [0, 0.05) is 30.9 Å². The summed E-state index contributed by atoms with van der Waals surface area (Å²) < 4.78 is 0. The lowest BCUT2D eigenvalue weighted by Crippen LogP contribution is -2.47. The van der Waals surface area contributed by atoms with Crippen molar-refractivity contribution >= 4 is 29.1 Å². The van der Waals surface area contributed by atoms with Crippen molar-refractivity contribution in [1.82, 2.24) is 4.90 Å². The van der Waals surface area contributed by atoms with E-state index in [9.17, 15) is 14.4 Å². The molecule has 1 aliphatic heterocycles. The summed E-state index contributed by atoms with van der Waals surface area (Å²) >= 11 is 0. The number of benzene rings is 1. The second kappa shape index (κ2) is 7.06. The van der Waals surface area contributed by atoms with Crippen LogP contribution in [0.5, 0.6) is 0 Å². The summed E-state index contributed by atoms with van der Waals surface area (Å²) in [4.78, 5) is 37.0. The molecule has 0 aromatic heterocycles. The monoisotopic (exact) mass is 303 g/mol. The van der Waals surface area contributed by atoms with E-state index in [-0.39, 0.29) is 11.9 Å². The zero-order valence-electron chi connectivity index (χ0n) is 12.9. The Morgan fingerprint density at radius 1 is 1.14 bits per heavy atom. The van der Waals surface area contributed by atoms with Gasteiger partial charge in [-0.05, 0) is 44.4 Å². The lowest BCUT2D eigenvalue weighted by molar-refractivity contribution is -0.145. The lowest BCUT2D eigenvalue weighted by Gasteiger charge is -2.32. The third-order valence-electron chi connectivity index (χ3n) is 3.70. The first-order valence-corrected chi connectivity index (χ1v) is 7.47. The van der Waals surface area contributed by atoms with E-state index < -0.39 is 11.8 Å². The van der Waals surface area contributed by atoms with Crippen LogP contribution in [0.25, 0.3) is 0 Å². The van der Waals surface area contributed by atoms with E-state index in [0.29, 0.717) is 17.9 Å². The molecule has 0 saturated carbocycles. The molecule has 6 heteroatoms. The van der Waals surface area contributed by atoms with Crippen LogP contribution in [0.2, 0.25) is 0 Å². The minimum Gasteiger partial charge on any atom is -0.332 e. The Bertz CT molecular complexity index is 586. The highest BCUT2D eigenvalue weighted by Gasteiger charge is 2.28. The van der Waals surface area contributed by atoms with Gasteiger partial charge in [-0.2, -0.15) is 0 Å². The van der Waals surface area contributed by atoms with Crippen LogP contribution < -0.4 is 10.6 Å². The van der Waals surface area contributed by atoms with Crippen molar-refractivity contribution in [3.8, 4) is 0 Å². The van der Waals surface area contributed by atoms with Gasteiger partial charge in [0.05, 0.1) is 0 Å². The van der Waals surface area contributed by atoms with Gasteiger partial charge in [-0.25, -0.2) is 0 Å². The molecule has 1 heterocycles. The van der Waals surface area contributed by atoms with Gasteiger partial charge in [-0.1, -0.05) is 6.07 Å². The minimum atomic E-state index is -0.645. The Morgan fingerprint density at radius 3 is 2.45 bits per heavy atom. The standard InChI is InChI=1S/C16H21N3O3/c1-11-6-3-4-9-19(11)16(22)15(21)18-14-8-5-7-13(10-14)17-12(2)20/h5,7-8,10-11H,3-4,6,9H2,1-2H3,(H,17,20)(H,18,21). The number of hydrogen-bond acceptors (Lipinski definition) is 3. The van der Waals surface area contributed by atoms with Crippen LogP contribution in [0.3, 0.4) is 0 Å². The van der Waals surface area contributed by atoms with Gasteiger partial charge in [0.25, 0.3) is 0 Å². The molecule has 0 radical (unpaired) electrons. The van der Waals surface area contributed by atoms with Crippen molar-refractivity contribution in [1.29, 1.82) is 0 Å². The Balaban J connectivity index is 2.01. The fourth-order valence-electron chi connectivity index (χ4n) is 2.59. The van der Waals surface area contributed by atoms with Gasteiger partial charge in [0.2, 0.25) is 5.91 Å². The van der Waals surface area contributed by atoms with E-state index in [1.54, 1.807) is 29.2 Å². The summed E-state index contributed by atoms with van der Waals surface area (Å²) in [6.07, 6.45) is 2.95. The van der Waals surface area contributed by atoms with Gasteiger partial charge in [-0.15, -0.1) is 0 Å². The van der Waals surface area contributed by atoms with Crippen LogP contribution in [-0.2, 0) is 14.4 Å². The van der Waals surface area contributed by atoms with E-state index in [1.165, 1.54) is 6.92 Å². The second-order valence-corrected chi connectivity index (χ2v) is 5.56. The number of nitrogens with zero attached hydrogens (tertiary/aromatic N) is 1. The molecule has 2 rings (SSSR count). The summed E-state index contributed by atoms with van der Waals surface area (Å²) in [5.41, 5.74) is 1.05. The van der Waals surface area contributed by atoms with E-state index in [0.717, 1.165) is 19.3 Å². The predicted octanol–water partition coefficient (Wildman–Crippen LogP) is 1.98. The van der Waals surface area contributed by atoms with Gasteiger partial charge in [0.1, 0.15) is 0 Å². The molecule has 1 fully saturated rings. The lowest BCUT2D eigenvalue weighted by atomic mass is 10.0. The number of amides is 3. The van der Waals surface area contributed by atoms with Crippen molar-refractivity contribution in [2.45, 2.75) is 39.2 Å². The van der Waals surface area contributed by atoms with E-state index in [2.05, 4.69) is 10.6 Å². The summed E-state index contributed by atoms with van der Waals surface area (Å²) in [6, 6.07) is 6.81. The average Bonchev–Trinajstić information content (AvgIpc) is 2.46. The molecule has 1 aliphatic rings. The van der Waals surface area contributed by atoms with Crippen molar-refractivity contribution in [2.75, 3.05) is 17.2 Å². The molecule has 0 bridgehead atoms. The normalized spacial score (nSPS) is 17.7. The highest BCUT2D eigenvalue weighted by Crippen LogP contribution is 2.18. The van der Waals surface area contributed by atoms with Crippen LogP contribution >= 0.6 is 0 Å². The zero-order valence-corrected chi connectivity index (χ0v) is 12.9. The second-order valence-electron chi connectivity index (χ2n) is 5.56. The fourth-order valence-corrected chi connectivity index (χ4v) is 2.59.